The van der Waals surface area contributed by atoms with Gasteiger partial charge >= 0.3 is 5.97 Å². The average Bonchev–Trinajstić information content (AvgIpc) is 3.39. The Bertz CT molecular complexity index is 2130. The fourth-order valence-electron chi connectivity index (χ4n) is 5.30. The van der Waals surface area contributed by atoms with E-state index in [1.54, 1.807) is 31.2 Å². The first-order valence-electron chi connectivity index (χ1n) is 15.0. The Morgan fingerprint density at radius 1 is 0.936 bits per heavy atom. The molecule has 4 aromatic carbocycles. The number of fused-ring (bicyclic) bond motifs is 1. The molecule has 0 spiro atoms. The van der Waals surface area contributed by atoms with Crippen LogP contribution < -0.4 is 24.4 Å². The summed E-state index contributed by atoms with van der Waals surface area (Å²) in [6.07, 6.45) is 1.76. The van der Waals surface area contributed by atoms with E-state index < -0.39 is 17.8 Å². The molecule has 238 valence electrons. The molecule has 6 rings (SSSR count). The second kappa shape index (κ2) is 14.2. The monoisotopic (exact) mass is 668 g/mol. The molecule has 0 N–H and O–H groups in total. The summed E-state index contributed by atoms with van der Waals surface area (Å²) in [7, 11) is 0. The number of ether oxygens (including phenoxy) is 3. The molecule has 0 aliphatic carbocycles. The zero-order valence-electron chi connectivity index (χ0n) is 25.6. The average molecular weight is 669 g/mol. The molecule has 47 heavy (non-hydrogen) atoms. The molecule has 0 saturated carbocycles. The van der Waals surface area contributed by atoms with Crippen molar-refractivity contribution in [3.8, 4) is 11.5 Å². The van der Waals surface area contributed by atoms with Crippen LogP contribution in [0.3, 0.4) is 0 Å². The second-order valence-corrected chi connectivity index (χ2v) is 12.0. The van der Waals surface area contributed by atoms with Crippen molar-refractivity contribution in [1.82, 2.24) is 4.57 Å². The Balaban J connectivity index is 1.47. The van der Waals surface area contributed by atoms with Gasteiger partial charge < -0.3 is 14.2 Å². The van der Waals surface area contributed by atoms with E-state index in [0.29, 0.717) is 61.5 Å². The topological polar surface area (TPSA) is 79.1 Å². The van der Waals surface area contributed by atoms with Gasteiger partial charge in [-0.3, -0.25) is 9.36 Å². The first-order valence-corrected chi connectivity index (χ1v) is 16.2. The summed E-state index contributed by atoms with van der Waals surface area (Å²) in [5.41, 5.74) is 3.15. The summed E-state index contributed by atoms with van der Waals surface area (Å²) in [5.74, 6) is 0.0532. The van der Waals surface area contributed by atoms with Crippen molar-refractivity contribution in [1.29, 1.82) is 0 Å². The van der Waals surface area contributed by atoms with E-state index in [2.05, 4.69) is 0 Å². The fraction of sp³-hybridized carbons (Fsp3) is 0.162. The first kappa shape index (κ1) is 32.0. The molecular weight excluding hydrogens is 639 g/mol. The molecule has 1 aromatic heterocycles. The van der Waals surface area contributed by atoms with Crippen LogP contribution in [0.25, 0.3) is 11.8 Å². The van der Waals surface area contributed by atoms with Crippen molar-refractivity contribution in [3.05, 3.63) is 155 Å². The third-order valence-electron chi connectivity index (χ3n) is 7.43. The quantitative estimate of drug-likeness (QED) is 0.155. The van der Waals surface area contributed by atoms with Gasteiger partial charge in [0.05, 0.1) is 35.1 Å². The number of halogens is 2. The number of hydrogen-bond donors (Lipinski definition) is 0. The lowest BCUT2D eigenvalue weighted by molar-refractivity contribution is -0.138. The van der Waals surface area contributed by atoms with Crippen LogP contribution in [0.4, 0.5) is 4.39 Å². The molecule has 5 aromatic rings. The molecule has 0 bridgehead atoms. The fourth-order valence-corrected chi connectivity index (χ4v) is 6.42. The first-order chi connectivity index (χ1) is 22.9. The van der Waals surface area contributed by atoms with Crippen molar-refractivity contribution in [3.63, 3.8) is 0 Å². The molecule has 0 amide bonds. The standard InChI is InChI=1S/C37H30ClFN2O5S/c1-3-44-30-20-24(12-19-29(30)46-22-23-10-15-27(38)16-11-23)21-31-35(42)41-34(26-13-17-28(39)18-14-26)32(36(43)45-4-2)33(40-37(41)47-31)25-8-6-5-7-9-25/h5-21,34H,3-4,22H2,1-2H3/b31-21-/t34-/m1/s1. The van der Waals surface area contributed by atoms with Gasteiger partial charge in [-0.15, -0.1) is 0 Å². The van der Waals surface area contributed by atoms with Gasteiger partial charge in [-0.25, -0.2) is 14.2 Å². The molecule has 0 unspecified atom stereocenters. The lowest BCUT2D eigenvalue weighted by Crippen LogP contribution is -2.40. The molecule has 0 radical (unpaired) electrons. The lowest BCUT2D eigenvalue weighted by Gasteiger charge is -2.25. The SMILES string of the molecule is CCOC(=O)C1=C(c2ccccc2)N=c2s/c(=C\c3ccc(OCc4ccc(Cl)cc4)c(OCC)c3)c(=O)n2[C@@H]1c1ccc(F)cc1. The largest absolute Gasteiger partial charge is 0.490 e. The highest BCUT2D eigenvalue weighted by atomic mass is 35.5. The third kappa shape index (κ3) is 6.91. The van der Waals surface area contributed by atoms with Crippen molar-refractivity contribution in [2.75, 3.05) is 13.2 Å². The Morgan fingerprint density at radius 2 is 1.68 bits per heavy atom. The van der Waals surface area contributed by atoms with Gasteiger partial charge in [0, 0.05) is 10.6 Å². The van der Waals surface area contributed by atoms with Crippen LogP contribution in [-0.4, -0.2) is 23.8 Å². The number of esters is 1. The highest BCUT2D eigenvalue weighted by Gasteiger charge is 2.35. The van der Waals surface area contributed by atoms with Gasteiger partial charge in [0.1, 0.15) is 12.4 Å². The lowest BCUT2D eigenvalue weighted by atomic mass is 9.93. The van der Waals surface area contributed by atoms with Gasteiger partial charge in [-0.05, 0) is 73.0 Å². The van der Waals surface area contributed by atoms with Gasteiger partial charge in [0.25, 0.3) is 5.56 Å². The van der Waals surface area contributed by atoms with E-state index in [-0.39, 0.29) is 17.7 Å². The van der Waals surface area contributed by atoms with E-state index in [9.17, 15) is 14.0 Å². The van der Waals surface area contributed by atoms with Crippen molar-refractivity contribution in [2.24, 2.45) is 4.99 Å². The van der Waals surface area contributed by atoms with Crippen molar-refractivity contribution >= 4 is 40.7 Å². The van der Waals surface area contributed by atoms with Crippen molar-refractivity contribution in [2.45, 2.75) is 26.5 Å². The van der Waals surface area contributed by atoms with Crippen LogP contribution in [0.2, 0.25) is 5.02 Å². The second-order valence-electron chi connectivity index (χ2n) is 10.5. The number of nitrogens with zero attached hydrogens (tertiary/aromatic N) is 2. The van der Waals surface area contributed by atoms with Crippen LogP contribution >= 0.6 is 22.9 Å². The van der Waals surface area contributed by atoms with Crippen LogP contribution in [0.5, 0.6) is 11.5 Å². The van der Waals surface area contributed by atoms with Crippen LogP contribution in [0.15, 0.2) is 112 Å². The molecule has 1 aliphatic heterocycles. The summed E-state index contributed by atoms with van der Waals surface area (Å²) in [5, 5.41) is 0.649. The number of carbonyl (C=O) groups excluding carboxylic acids is 1. The van der Waals surface area contributed by atoms with Gasteiger partial charge in [0.2, 0.25) is 0 Å². The van der Waals surface area contributed by atoms with Crippen LogP contribution in [-0.2, 0) is 16.1 Å². The summed E-state index contributed by atoms with van der Waals surface area (Å²) in [4.78, 5) is 33.0. The zero-order valence-corrected chi connectivity index (χ0v) is 27.2. The van der Waals surface area contributed by atoms with Gasteiger partial charge in [0.15, 0.2) is 16.3 Å². The zero-order chi connectivity index (χ0) is 32.9. The highest BCUT2D eigenvalue weighted by Crippen LogP contribution is 2.35. The molecule has 0 saturated heterocycles. The Kier molecular flexibility index (Phi) is 9.65. The maximum atomic E-state index is 14.2. The minimum Gasteiger partial charge on any atom is -0.490 e. The maximum absolute atomic E-state index is 14.2. The van der Waals surface area contributed by atoms with E-state index in [1.165, 1.54) is 28.0 Å². The maximum Gasteiger partial charge on any atom is 0.338 e. The molecular formula is C37H30ClFN2O5S. The summed E-state index contributed by atoms with van der Waals surface area (Å²) < 4.78 is 33.3. The Hall–Kier alpha value is -4.99. The predicted molar refractivity (Wildman–Crippen MR) is 181 cm³/mol. The number of aromatic nitrogens is 1. The van der Waals surface area contributed by atoms with E-state index in [4.69, 9.17) is 30.8 Å². The molecule has 7 nitrogen and oxygen atoms in total. The molecule has 10 heteroatoms. The predicted octanol–water partition coefficient (Wildman–Crippen LogP) is 6.71. The molecule has 2 heterocycles. The van der Waals surface area contributed by atoms with Gasteiger partial charge in [-0.1, -0.05) is 83.6 Å². The smallest absolute Gasteiger partial charge is 0.338 e. The highest BCUT2D eigenvalue weighted by molar-refractivity contribution is 7.07. The molecule has 0 fully saturated rings. The van der Waals surface area contributed by atoms with E-state index in [1.807, 2.05) is 73.7 Å². The number of hydrogen-bond acceptors (Lipinski definition) is 7. The van der Waals surface area contributed by atoms with Crippen LogP contribution in [0.1, 0.15) is 42.1 Å². The number of carbonyl (C=O) groups is 1. The van der Waals surface area contributed by atoms with Gasteiger partial charge in [-0.2, -0.15) is 0 Å². The Morgan fingerprint density at radius 3 is 2.38 bits per heavy atom. The summed E-state index contributed by atoms with van der Waals surface area (Å²) in [6.45, 7) is 4.47. The van der Waals surface area contributed by atoms with Crippen LogP contribution in [0, 0.1) is 5.82 Å². The molecule has 1 atom stereocenters. The summed E-state index contributed by atoms with van der Waals surface area (Å²) in [6, 6.07) is 27.0. The Labute approximate surface area is 279 Å². The van der Waals surface area contributed by atoms with E-state index in [0.717, 1.165) is 5.56 Å². The third-order valence-corrected chi connectivity index (χ3v) is 8.67. The number of rotatable bonds is 10. The number of thiazole rings is 1. The van der Waals surface area contributed by atoms with E-state index >= 15 is 0 Å². The van der Waals surface area contributed by atoms with Crippen molar-refractivity contribution < 1.29 is 23.4 Å². The normalized spacial score (nSPS) is 14.4. The minimum absolute atomic E-state index is 0.131. The number of benzene rings is 4. The minimum atomic E-state index is -0.897. The molecule has 1 aliphatic rings. The summed E-state index contributed by atoms with van der Waals surface area (Å²) >= 11 is 7.21.